The Kier molecular flexibility index (Phi) is 4.62. The molecule has 1 heterocycles. The highest BCUT2D eigenvalue weighted by atomic mass is 16.5. The van der Waals surface area contributed by atoms with Gasteiger partial charge in [0.05, 0.1) is 6.10 Å². The van der Waals surface area contributed by atoms with Crippen molar-refractivity contribution in [2.45, 2.75) is 51.2 Å². The molecule has 1 aliphatic heterocycles. The second-order valence-electron chi connectivity index (χ2n) is 5.31. The number of ether oxygens (including phenoxy) is 1. The summed E-state index contributed by atoms with van der Waals surface area (Å²) in [6, 6.07) is 0.463. The molecule has 2 rings (SSSR count). The van der Waals surface area contributed by atoms with Crippen molar-refractivity contribution in [3.05, 3.63) is 0 Å². The van der Waals surface area contributed by atoms with E-state index in [0.29, 0.717) is 12.1 Å². The van der Waals surface area contributed by atoms with Crippen LogP contribution in [0, 0.1) is 5.92 Å². The minimum Gasteiger partial charge on any atom is -0.378 e. The van der Waals surface area contributed by atoms with E-state index in [4.69, 9.17) is 10.5 Å². The summed E-state index contributed by atoms with van der Waals surface area (Å²) in [5, 5.41) is 0. The van der Waals surface area contributed by atoms with Crippen molar-refractivity contribution in [2.75, 3.05) is 26.2 Å². The van der Waals surface area contributed by atoms with Crippen molar-refractivity contribution in [1.82, 2.24) is 4.90 Å². The highest BCUT2D eigenvalue weighted by Gasteiger charge is 2.27. The second-order valence-corrected chi connectivity index (χ2v) is 5.31. The van der Waals surface area contributed by atoms with Gasteiger partial charge in [-0.25, -0.2) is 0 Å². The van der Waals surface area contributed by atoms with Gasteiger partial charge in [-0.15, -0.1) is 0 Å². The van der Waals surface area contributed by atoms with Crippen molar-refractivity contribution in [3.8, 4) is 0 Å². The molecule has 0 bridgehead atoms. The van der Waals surface area contributed by atoms with Crippen LogP contribution >= 0.6 is 0 Å². The first-order valence-corrected chi connectivity index (χ1v) is 6.89. The zero-order valence-electron chi connectivity index (χ0n) is 10.5. The fourth-order valence-corrected chi connectivity index (χ4v) is 3.12. The second kappa shape index (κ2) is 5.99. The molecule has 0 radical (unpaired) electrons. The molecule has 1 saturated heterocycles. The Hall–Kier alpha value is -0.120. The molecule has 0 aromatic heterocycles. The number of hydrogen-bond donors (Lipinski definition) is 1. The number of likely N-dealkylation sites (tertiary alicyclic amines) is 1. The summed E-state index contributed by atoms with van der Waals surface area (Å²) in [5.41, 5.74) is 6.12. The minimum atomic E-state index is 0.463. The molecule has 3 heteroatoms. The van der Waals surface area contributed by atoms with Gasteiger partial charge in [-0.3, -0.25) is 0 Å². The molecule has 2 fully saturated rings. The van der Waals surface area contributed by atoms with Gasteiger partial charge in [0, 0.05) is 32.3 Å². The number of hydrogen-bond acceptors (Lipinski definition) is 3. The Morgan fingerprint density at radius 1 is 1.19 bits per heavy atom. The molecule has 2 unspecified atom stereocenters. The van der Waals surface area contributed by atoms with E-state index in [0.717, 1.165) is 12.5 Å². The van der Waals surface area contributed by atoms with E-state index in [1.165, 1.54) is 51.7 Å². The third-order valence-corrected chi connectivity index (χ3v) is 4.15. The Morgan fingerprint density at radius 2 is 1.94 bits per heavy atom. The van der Waals surface area contributed by atoms with Crippen LogP contribution in [0.5, 0.6) is 0 Å². The first kappa shape index (κ1) is 12.3. The predicted molar refractivity (Wildman–Crippen MR) is 66.4 cm³/mol. The lowest BCUT2D eigenvalue weighted by atomic mass is 10.0. The highest BCUT2D eigenvalue weighted by molar-refractivity contribution is 4.84. The molecule has 94 valence electrons. The van der Waals surface area contributed by atoms with Crippen molar-refractivity contribution in [3.63, 3.8) is 0 Å². The lowest BCUT2D eigenvalue weighted by Crippen LogP contribution is -2.42. The lowest BCUT2D eigenvalue weighted by molar-refractivity contribution is 0.0108. The number of nitrogens with zero attached hydrogens (tertiary/aromatic N) is 1. The number of piperidine rings is 1. The molecule has 2 N–H and O–H groups in total. The summed E-state index contributed by atoms with van der Waals surface area (Å²) >= 11 is 0. The topological polar surface area (TPSA) is 38.5 Å². The van der Waals surface area contributed by atoms with Gasteiger partial charge in [-0.1, -0.05) is 6.42 Å². The van der Waals surface area contributed by atoms with Crippen LogP contribution in [-0.4, -0.2) is 43.3 Å². The molecule has 0 aromatic rings. The quantitative estimate of drug-likeness (QED) is 0.791. The average molecular weight is 226 g/mol. The standard InChI is InChI=1S/C13H26N2O/c1-2-16-12-6-8-15(9-7-12)10-11-4-3-5-13(11)14/h11-13H,2-10,14H2,1H3. The third kappa shape index (κ3) is 3.19. The van der Waals surface area contributed by atoms with E-state index in [9.17, 15) is 0 Å². The molecule has 2 atom stereocenters. The van der Waals surface area contributed by atoms with Crippen molar-refractivity contribution < 1.29 is 4.74 Å². The minimum absolute atomic E-state index is 0.463. The van der Waals surface area contributed by atoms with Gasteiger partial charge in [0.2, 0.25) is 0 Å². The van der Waals surface area contributed by atoms with Crippen LogP contribution < -0.4 is 5.73 Å². The summed E-state index contributed by atoms with van der Waals surface area (Å²) in [6.07, 6.45) is 6.83. The summed E-state index contributed by atoms with van der Waals surface area (Å²) in [6.45, 7) is 6.57. The summed E-state index contributed by atoms with van der Waals surface area (Å²) in [4.78, 5) is 2.59. The fourth-order valence-electron chi connectivity index (χ4n) is 3.12. The van der Waals surface area contributed by atoms with E-state index in [1.54, 1.807) is 0 Å². The Balaban J connectivity index is 1.68. The van der Waals surface area contributed by atoms with E-state index in [1.807, 2.05) is 0 Å². The maximum Gasteiger partial charge on any atom is 0.0599 e. The smallest absolute Gasteiger partial charge is 0.0599 e. The normalized spacial score (nSPS) is 33.4. The highest BCUT2D eigenvalue weighted by Crippen LogP contribution is 2.26. The lowest BCUT2D eigenvalue weighted by Gasteiger charge is -2.34. The van der Waals surface area contributed by atoms with Gasteiger partial charge in [-0.2, -0.15) is 0 Å². The summed E-state index contributed by atoms with van der Waals surface area (Å²) in [5.74, 6) is 0.753. The van der Waals surface area contributed by atoms with E-state index in [2.05, 4.69) is 11.8 Å². The molecule has 3 nitrogen and oxygen atoms in total. The Morgan fingerprint density at radius 3 is 2.50 bits per heavy atom. The van der Waals surface area contributed by atoms with Gasteiger partial charge in [-0.05, 0) is 38.5 Å². The summed E-state index contributed by atoms with van der Waals surface area (Å²) < 4.78 is 5.67. The largest absolute Gasteiger partial charge is 0.378 e. The fraction of sp³-hybridized carbons (Fsp3) is 1.00. The van der Waals surface area contributed by atoms with E-state index >= 15 is 0 Å². The van der Waals surface area contributed by atoms with Crippen molar-refractivity contribution >= 4 is 0 Å². The molecule has 1 aliphatic carbocycles. The van der Waals surface area contributed by atoms with Crippen LogP contribution in [0.15, 0.2) is 0 Å². The molecule has 0 aromatic carbocycles. The molecule has 2 aliphatic rings. The number of rotatable bonds is 4. The SMILES string of the molecule is CCOC1CCN(CC2CCCC2N)CC1. The van der Waals surface area contributed by atoms with Gasteiger partial charge in [0.25, 0.3) is 0 Å². The maximum atomic E-state index is 6.12. The number of nitrogens with two attached hydrogens (primary N) is 1. The van der Waals surface area contributed by atoms with Crippen LogP contribution in [0.1, 0.15) is 39.0 Å². The first-order valence-electron chi connectivity index (χ1n) is 6.89. The zero-order valence-corrected chi connectivity index (χ0v) is 10.5. The maximum absolute atomic E-state index is 6.12. The van der Waals surface area contributed by atoms with Crippen LogP contribution in [0.25, 0.3) is 0 Å². The van der Waals surface area contributed by atoms with Crippen molar-refractivity contribution in [1.29, 1.82) is 0 Å². The van der Waals surface area contributed by atoms with Crippen LogP contribution in [0.3, 0.4) is 0 Å². The summed E-state index contributed by atoms with van der Waals surface area (Å²) in [7, 11) is 0. The molecular weight excluding hydrogens is 200 g/mol. The zero-order chi connectivity index (χ0) is 11.4. The van der Waals surface area contributed by atoms with Crippen LogP contribution in [-0.2, 0) is 4.74 Å². The van der Waals surface area contributed by atoms with Crippen LogP contribution in [0.4, 0.5) is 0 Å². The van der Waals surface area contributed by atoms with Gasteiger partial charge < -0.3 is 15.4 Å². The van der Waals surface area contributed by atoms with Gasteiger partial charge >= 0.3 is 0 Å². The Labute approximate surface area is 99.3 Å². The third-order valence-electron chi connectivity index (χ3n) is 4.15. The molecule has 16 heavy (non-hydrogen) atoms. The van der Waals surface area contributed by atoms with Gasteiger partial charge in [0.1, 0.15) is 0 Å². The Bertz CT molecular complexity index is 202. The van der Waals surface area contributed by atoms with Gasteiger partial charge in [0.15, 0.2) is 0 Å². The monoisotopic (exact) mass is 226 g/mol. The van der Waals surface area contributed by atoms with E-state index in [-0.39, 0.29) is 0 Å². The first-order chi connectivity index (χ1) is 7.79. The predicted octanol–water partition coefficient (Wildman–Crippen LogP) is 1.61. The average Bonchev–Trinajstić information content (AvgIpc) is 2.68. The molecule has 1 saturated carbocycles. The van der Waals surface area contributed by atoms with Crippen molar-refractivity contribution in [2.24, 2.45) is 11.7 Å². The molecule has 0 spiro atoms. The molecular formula is C13H26N2O. The molecule has 0 amide bonds. The van der Waals surface area contributed by atoms with Crippen LogP contribution in [0.2, 0.25) is 0 Å². The van der Waals surface area contributed by atoms with E-state index < -0.39 is 0 Å².